The molecular weight excluding hydrogens is 438 g/mol. The van der Waals surface area contributed by atoms with Crippen LogP contribution >= 0.6 is 0 Å². The summed E-state index contributed by atoms with van der Waals surface area (Å²) in [5.74, 6) is -0.545. The number of esters is 1. The van der Waals surface area contributed by atoms with Gasteiger partial charge in [0.2, 0.25) is 5.91 Å². The predicted molar refractivity (Wildman–Crippen MR) is 130 cm³/mol. The van der Waals surface area contributed by atoms with Crippen molar-refractivity contribution < 1.29 is 22.7 Å². The number of benzene rings is 3. The maximum absolute atomic E-state index is 13.7. The van der Waals surface area contributed by atoms with Crippen molar-refractivity contribution in [2.45, 2.75) is 57.8 Å². The zero-order chi connectivity index (χ0) is 24.0. The van der Waals surface area contributed by atoms with Gasteiger partial charge in [-0.2, -0.15) is 0 Å². The zero-order valence-corrected chi connectivity index (χ0v) is 20.0. The number of amides is 1. The number of carbonyl (C=O) groups is 2. The van der Waals surface area contributed by atoms with E-state index < -0.39 is 15.9 Å². The van der Waals surface area contributed by atoms with E-state index >= 15 is 0 Å². The number of nitrogens with zero attached hydrogens (tertiary/aromatic N) is 1. The minimum atomic E-state index is -4.16. The second-order valence-electron chi connectivity index (χ2n) is 7.76. The van der Waals surface area contributed by atoms with Crippen LogP contribution in [0.1, 0.15) is 52.0 Å². The lowest BCUT2D eigenvalue weighted by molar-refractivity contribution is -0.134. The Hall–Kier alpha value is -3.19. The standard InChI is InChI=1S/C26H29NO5S/c1-4-9-25(28)27(33(30,31)20-15-13-19(6-3)14-16-20)23-17-18-24(32-26(29)10-5-2)22-12-8-7-11-21(22)23/h7-8,11-18H,4-6,9-10H2,1-3H3. The van der Waals surface area contributed by atoms with Gasteiger partial charge in [0.05, 0.1) is 10.6 Å². The van der Waals surface area contributed by atoms with Gasteiger partial charge in [0.25, 0.3) is 10.0 Å². The molecule has 0 N–H and O–H groups in total. The SMILES string of the molecule is CCCC(=O)Oc1ccc(N(C(=O)CCC)S(=O)(=O)c2ccc(CC)cc2)c2ccccc12. The van der Waals surface area contributed by atoms with E-state index in [0.29, 0.717) is 29.4 Å². The van der Waals surface area contributed by atoms with E-state index in [-0.39, 0.29) is 29.4 Å². The number of rotatable bonds is 9. The van der Waals surface area contributed by atoms with Gasteiger partial charge in [0.15, 0.2) is 0 Å². The number of hydrogen-bond donors (Lipinski definition) is 0. The molecule has 0 aliphatic rings. The first-order valence-corrected chi connectivity index (χ1v) is 12.7. The Labute approximate surface area is 195 Å². The average molecular weight is 468 g/mol. The Morgan fingerprint density at radius 1 is 0.818 bits per heavy atom. The molecule has 0 unspecified atom stereocenters. The number of hydrogen-bond acceptors (Lipinski definition) is 5. The Morgan fingerprint density at radius 2 is 1.45 bits per heavy atom. The van der Waals surface area contributed by atoms with Crippen LogP contribution in [-0.4, -0.2) is 20.3 Å². The van der Waals surface area contributed by atoms with Gasteiger partial charge in [-0.25, -0.2) is 12.7 Å². The van der Waals surface area contributed by atoms with Crippen molar-refractivity contribution in [3.8, 4) is 5.75 Å². The molecule has 0 heterocycles. The third kappa shape index (κ3) is 5.25. The van der Waals surface area contributed by atoms with Crippen molar-refractivity contribution in [2.24, 2.45) is 0 Å². The zero-order valence-electron chi connectivity index (χ0n) is 19.2. The topological polar surface area (TPSA) is 80.8 Å². The Morgan fingerprint density at radius 3 is 2.06 bits per heavy atom. The van der Waals surface area contributed by atoms with Crippen LogP contribution in [0.15, 0.2) is 65.6 Å². The minimum Gasteiger partial charge on any atom is -0.426 e. The molecule has 6 nitrogen and oxygen atoms in total. The fraction of sp³-hybridized carbons (Fsp3) is 0.308. The fourth-order valence-corrected chi connectivity index (χ4v) is 5.08. The van der Waals surface area contributed by atoms with E-state index in [1.54, 1.807) is 42.5 Å². The second-order valence-corrected chi connectivity index (χ2v) is 9.55. The maximum Gasteiger partial charge on any atom is 0.311 e. The molecule has 0 aliphatic carbocycles. The Balaban J connectivity index is 2.18. The minimum absolute atomic E-state index is 0.0479. The molecule has 0 radical (unpaired) electrons. The molecule has 3 aromatic rings. The second kappa shape index (κ2) is 10.6. The molecule has 0 atom stereocenters. The van der Waals surface area contributed by atoms with Crippen LogP contribution in [0.5, 0.6) is 5.75 Å². The lowest BCUT2D eigenvalue weighted by Crippen LogP contribution is -2.37. The molecule has 0 fully saturated rings. The van der Waals surface area contributed by atoms with E-state index in [0.717, 1.165) is 16.3 Å². The highest BCUT2D eigenvalue weighted by atomic mass is 32.2. The Kier molecular flexibility index (Phi) is 7.87. The first-order chi connectivity index (χ1) is 15.8. The molecule has 0 aromatic heterocycles. The summed E-state index contributed by atoms with van der Waals surface area (Å²) in [5.41, 5.74) is 1.24. The molecule has 0 spiro atoms. The molecule has 1 amide bonds. The summed E-state index contributed by atoms with van der Waals surface area (Å²) < 4.78 is 33.7. The molecule has 0 aliphatic heterocycles. The lowest BCUT2D eigenvalue weighted by atomic mass is 10.1. The summed E-state index contributed by atoms with van der Waals surface area (Å²) in [6.45, 7) is 5.70. The summed E-state index contributed by atoms with van der Waals surface area (Å²) in [4.78, 5) is 25.3. The van der Waals surface area contributed by atoms with E-state index in [1.165, 1.54) is 18.2 Å². The average Bonchev–Trinajstić information content (AvgIpc) is 2.81. The highest BCUT2D eigenvalue weighted by Gasteiger charge is 2.32. The highest BCUT2D eigenvalue weighted by Crippen LogP contribution is 2.37. The molecule has 3 rings (SSSR count). The highest BCUT2D eigenvalue weighted by molar-refractivity contribution is 7.93. The molecular formula is C26H29NO5S. The van der Waals surface area contributed by atoms with Crippen molar-refractivity contribution >= 4 is 38.4 Å². The fourth-order valence-electron chi connectivity index (χ4n) is 3.62. The van der Waals surface area contributed by atoms with E-state index in [4.69, 9.17) is 4.74 Å². The molecule has 0 saturated heterocycles. The third-order valence-corrected chi connectivity index (χ3v) is 7.07. The van der Waals surface area contributed by atoms with Crippen LogP contribution in [0.3, 0.4) is 0 Å². The van der Waals surface area contributed by atoms with Gasteiger partial charge in [-0.15, -0.1) is 0 Å². The van der Waals surface area contributed by atoms with E-state index in [1.807, 2.05) is 20.8 Å². The first-order valence-electron chi connectivity index (χ1n) is 11.2. The number of fused-ring (bicyclic) bond motifs is 1. The third-order valence-electron chi connectivity index (χ3n) is 5.32. The predicted octanol–water partition coefficient (Wildman–Crippen LogP) is 5.63. The van der Waals surface area contributed by atoms with E-state index in [9.17, 15) is 18.0 Å². The van der Waals surface area contributed by atoms with Crippen LogP contribution in [0.25, 0.3) is 10.8 Å². The summed E-state index contributed by atoms with van der Waals surface area (Å²) >= 11 is 0. The van der Waals surface area contributed by atoms with Crippen LogP contribution in [0, 0.1) is 0 Å². The van der Waals surface area contributed by atoms with Gasteiger partial charge in [-0.05, 0) is 49.1 Å². The number of sulfonamides is 1. The van der Waals surface area contributed by atoms with E-state index in [2.05, 4.69) is 0 Å². The molecule has 3 aromatic carbocycles. The van der Waals surface area contributed by atoms with Crippen molar-refractivity contribution in [3.05, 3.63) is 66.2 Å². The lowest BCUT2D eigenvalue weighted by Gasteiger charge is -2.24. The number of carbonyl (C=O) groups excluding carboxylic acids is 2. The largest absolute Gasteiger partial charge is 0.426 e. The van der Waals surface area contributed by atoms with Crippen LogP contribution < -0.4 is 9.04 Å². The van der Waals surface area contributed by atoms with Crippen LogP contribution in [-0.2, 0) is 26.0 Å². The van der Waals surface area contributed by atoms with Crippen LogP contribution in [0.2, 0.25) is 0 Å². The molecule has 33 heavy (non-hydrogen) atoms. The number of aryl methyl sites for hydroxylation is 1. The molecule has 0 saturated carbocycles. The van der Waals surface area contributed by atoms with Gasteiger partial charge in [0.1, 0.15) is 5.75 Å². The van der Waals surface area contributed by atoms with Gasteiger partial charge < -0.3 is 4.74 Å². The number of ether oxygens (including phenoxy) is 1. The first kappa shape index (κ1) is 24.5. The normalized spacial score (nSPS) is 11.4. The van der Waals surface area contributed by atoms with Crippen LogP contribution in [0.4, 0.5) is 5.69 Å². The van der Waals surface area contributed by atoms with Gasteiger partial charge >= 0.3 is 5.97 Å². The summed E-state index contributed by atoms with van der Waals surface area (Å²) in [7, 11) is -4.16. The summed E-state index contributed by atoms with van der Waals surface area (Å²) in [6.07, 6.45) is 2.29. The molecule has 0 bridgehead atoms. The van der Waals surface area contributed by atoms with Crippen molar-refractivity contribution in [2.75, 3.05) is 4.31 Å². The smallest absolute Gasteiger partial charge is 0.311 e. The quantitative estimate of drug-likeness (QED) is 0.301. The number of anilines is 1. The molecule has 174 valence electrons. The van der Waals surface area contributed by atoms with Crippen molar-refractivity contribution in [3.63, 3.8) is 0 Å². The Bertz CT molecular complexity index is 1250. The van der Waals surface area contributed by atoms with Crippen molar-refractivity contribution in [1.29, 1.82) is 0 Å². The summed E-state index contributed by atoms with van der Waals surface area (Å²) in [5, 5.41) is 1.07. The molecule has 7 heteroatoms. The van der Waals surface area contributed by atoms with Gasteiger partial charge in [-0.1, -0.05) is 57.2 Å². The van der Waals surface area contributed by atoms with Gasteiger partial charge in [-0.3, -0.25) is 9.59 Å². The maximum atomic E-state index is 13.7. The monoisotopic (exact) mass is 467 g/mol. The summed E-state index contributed by atoms with van der Waals surface area (Å²) in [6, 6.07) is 16.7. The van der Waals surface area contributed by atoms with Crippen molar-refractivity contribution in [1.82, 2.24) is 0 Å². The van der Waals surface area contributed by atoms with Gasteiger partial charge in [0, 0.05) is 23.6 Å².